The third kappa shape index (κ3) is 1.83. The van der Waals surface area contributed by atoms with Crippen LogP contribution in [-0.2, 0) is 4.99 Å². The number of nitrogens with zero attached hydrogens (tertiary/aromatic N) is 3. The van der Waals surface area contributed by atoms with E-state index in [0.29, 0.717) is 16.6 Å². The van der Waals surface area contributed by atoms with Crippen molar-refractivity contribution in [3.05, 3.63) is 30.6 Å². The van der Waals surface area contributed by atoms with Gasteiger partial charge in [-0.25, -0.2) is 15.0 Å². The van der Waals surface area contributed by atoms with Gasteiger partial charge >= 0.3 is 0 Å². The van der Waals surface area contributed by atoms with Crippen molar-refractivity contribution >= 4 is 27.8 Å². The first-order valence-corrected chi connectivity index (χ1v) is 5.52. The molecule has 8 nitrogen and oxygen atoms in total. The summed E-state index contributed by atoms with van der Waals surface area (Å²) < 4.78 is 1.34. The summed E-state index contributed by atoms with van der Waals surface area (Å²) in [6.07, 6.45) is 1.43. The van der Waals surface area contributed by atoms with Crippen LogP contribution < -0.4 is 15.9 Å². The molecule has 19 heavy (non-hydrogen) atoms. The van der Waals surface area contributed by atoms with Gasteiger partial charge in [-0.2, -0.15) is 5.48 Å². The summed E-state index contributed by atoms with van der Waals surface area (Å²) in [5.41, 5.74) is 6.23. The third-order valence-corrected chi connectivity index (χ3v) is 2.66. The Labute approximate surface area is 107 Å². The van der Waals surface area contributed by atoms with Crippen LogP contribution in [0.15, 0.2) is 30.6 Å². The zero-order valence-electron chi connectivity index (χ0n) is 9.99. The second-order valence-corrected chi connectivity index (χ2v) is 3.72. The van der Waals surface area contributed by atoms with E-state index in [-0.39, 0.29) is 5.82 Å². The fourth-order valence-corrected chi connectivity index (χ4v) is 1.91. The van der Waals surface area contributed by atoms with Crippen LogP contribution in [-0.4, -0.2) is 27.0 Å². The van der Waals surface area contributed by atoms with Gasteiger partial charge in [-0.15, -0.1) is 4.73 Å². The van der Waals surface area contributed by atoms with Gasteiger partial charge in [0.25, 0.3) is 0 Å². The van der Waals surface area contributed by atoms with Gasteiger partial charge in [-0.3, -0.25) is 10.7 Å². The van der Waals surface area contributed by atoms with Crippen LogP contribution in [0.25, 0.3) is 21.9 Å². The maximum Gasteiger partial charge on any atom is 0.178 e. The number of hydrogen-bond acceptors (Lipinski definition) is 7. The van der Waals surface area contributed by atoms with E-state index in [0.717, 1.165) is 5.39 Å². The number of aromatic nitrogens is 3. The van der Waals surface area contributed by atoms with E-state index in [2.05, 4.69) is 20.4 Å². The summed E-state index contributed by atoms with van der Waals surface area (Å²) in [7, 11) is 1.57. The van der Waals surface area contributed by atoms with Gasteiger partial charge in [0.15, 0.2) is 5.82 Å². The molecular formula is C11H11N5O3. The highest BCUT2D eigenvalue weighted by Gasteiger charge is 2.14. The molecule has 0 aliphatic heterocycles. The molecule has 3 aromatic rings. The number of imidazole rings is 1. The Morgan fingerprint density at radius 1 is 1.32 bits per heavy atom. The van der Waals surface area contributed by atoms with Gasteiger partial charge in [0.05, 0.1) is 5.52 Å². The number of anilines is 1. The average Bonchev–Trinajstić information content (AvgIpc) is 2.88. The Morgan fingerprint density at radius 2 is 2.16 bits per heavy atom. The maximum atomic E-state index is 9.13. The van der Waals surface area contributed by atoms with Crippen LogP contribution in [0.5, 0.6) is 0 Å². The summed E-state index contributed by atoms with van der Waals surface area (Å²) >= 11 is 0. The van der Waals surface area contributed by atoms with Gasteiger partial charge in [-0.1, -0.05) is 23.2 Å². The molecule has 1 aromatic carbocycles. The standard InChI is InChI=1S/C11H11N5O3/c1-12-18-19-16-6-13-9-10(16)7-4-2-3-5-8(7)14-11(9)15-17/h2-6,12,17H,1H3,(H,14,15). The Kier molecular flexibility index (Phi) is 2.88. The van der Waals surface area contributed by atoms with E-state index >= 15 is 0 Å². The molecule has 0 saturated carbocycles. The zero-order valence-corrected chi connectivity index (χ0v) is 9.99. The van der Waals surface area contributed by atoms with Gasteiger partial charge in [-0.05, 0) is 6.07 Å². The highest BCUT2D eigenvalue weighted by atomic mass is 17.3. The fourth-order valence-electron chi connectivity index (χ4n) is 1.91. The quantitative estimate of drug-likeness (QED) is 0.474. The molecule has 0 aliphatic rings. The van der Waals surface area contributed by atoms with Crippen molar-refractivity contribution in [3.63, 3.8) is 0 Å². The Morgan fingerprint density at radius 3 is 2.95 bits per heavy atom. The van der Waals surface area contributed by atoms with Gasteiger partial charge < -0.3 is 0 Å². The smallest absolute Gasteiger partial charge is 0.178 e. The average molecular weight is 261 g/mol. The lowest BCUT2D eigenvalue weighted by Crippen LogP contribution is -2.19. The summed E-state index contributed by atoms with van der Waals surface area (Å²) in [6, 6.07) is 7.44. The molecule has 0 fully saturated rings. The zero-order chi connectivity index (χ0) is 13.2. The highest BCUT2D eigenvalue weighted by Crippen LogP contribution is 2.27. The summed E-state index contributed by atoms with van der Waals surface area (Å²) in [5, 5.41) is 9.96. The SMILES string of the molecule is CNOOn1cnc2c(NO)nc3ccccc3c21. The second kappa shape index (κ2) is 4.69. The number of benzene rings is 1. The molecule has 98 valence electrons. The molecule has 8 heteroatoms. The van der Waals surface area contributed by atoms with Gasteiger partial charge in [0.1, 0.15) is 17.4 Å². The third-order valence-electron chi connectivity index (χ3n) is 2.66. The minimum atomic E-state index is 0.250. The first-order chi connectivity index (χ1) is 9.35. The van der Waals surface area contributed by atoms with E-state index in [1.54, 1.807) is 7.05 Å². The molecular weight excluding hydrogens is 250 g/mol. The molecule has 2 aromatic heterocycles. The van der Waals surface area contributed by atoms with Crippen molar-refractivity contribution in [2.75, 3.05) is 12.5 Å². The summed E-state index contributed by atoms with van der Waals surface area (Å²) in [6.45, 7) is 0. The molecule has 0 saturated heterocycles. The lowest BCUT2D eigenvalue weighted by Gasteiger charge is -2.07. The molecule has 0 atom stereocenters. The molecule has 2 heterocycles. The predicted octanol–water partition coefficient (Wildman–Crippen LogP) is 0.880. The van der Waals surface area contributed by atoms with E-state index in [1.807, 2.05) is 29.7 Å². The molecule has 0 spiro atoms. The fraction of sp³-hybridized carbons (Fsp3) is 0.0909. The second-order valence-electron chi connectivity index (χ2n) is 3.72. The number of para-hydroxylation sites is 1. The number of hydrogen-bond donors (Lipinski definition) is 3. The van der Waals surface area contributed by atoms with Crippen LogP contribution >= 0.6 is 0 Å². The summed E-state index contributed by atoms with van der Waals surface area (Å²) in [4.78, 5) is 18.1. The molecule has 0 amide bonds. The number of hydroxylamine groups is 1. The van der Waals surface area contributed by atoms with Crippen LogP contribution in [0.1, 0.15) is 0 Å². The minimum absolute atomic E-state index is 0.250. The number of pyridine rings is 1. The normalized spacial score (nSPS) is 11.1. The number of rotatable bonds is 4. The topological polar surface area (TPSA) is 93.5 Å². The van der Waals surface area contributed by atoms with Crippen molar-refractivity contribution < 1.29 is 15.2 Å². The molecule has 0 unspecified atom stereocenters. The minimum Gasteiger partial charge on any atom is -0.290 e. The molecule has 3 rings (SSSR count). The van der Waals surface area contributed by atoms with Crippen LogP contribution in [0, 0.1) is 0 Å². The van der Waals surface area contributed by atoms with Crippen LogP contribution in [0.3, 0.4) is 0 Å². The lowest BCUT2D eigenvalue weighted by molar-refractivity contribution is -0.326. The van der Waals surface area contributed by atoms with Crippen LogP contribution in [0.2, 0.25) is 0 Å². The van der Waals surface area contributed by atoms with E-state index in [9.17, 15) is 0 Å². The molecule has 0 aliphatic carbocycles. The number of nitrogens with one attached hydrogen (secondary N) is 2. The molecule has 0 radical (unpaired) electrons. The van der Waals surface area contributed by atoms with Crippen molar-refractivity contribution in [2.45, 2.75) is 0 Å². The Bertz CT molecular complexity index is 727. The lowest BCUT2D eigenvalue weighted by atomic mass is 10.2. The first kappa shape index (κ1) is 11.7. The maximum absolute atomic E-state index is 9.13. The van der Waals surface area contributed by atoms with E-state index in [4.69, 9.17) is 10.2 Å². The van der Waals surface area contributed by atoms with E-state index in [1.165, 1.54) is 11.1 Å². The highest BCUT2D eigenvalue weighted by molar-refractivity contribution is 6.06. The Balaban J connectivity index is 2.32. The van der Waals surface area contributed by atoms with Gasteiger partial charge in [0.2, 0.25) is 0 Å². The van der Waals surface area contributed by atoms with Crippen molar-refractivity contribution in [3.8, 4) is 0 Å². The summed E-state index contributed by atoms with van der Waals surface area (Å²) in [5.74, 6) is 0.250. The van der Waals surface area contributed by atoms with Crippen molar-refractivity contribution in [1.82, 2.24) is 20.2 Å². The van der Waals surface area contributed by atoms with Crippen LogP contribution in [0.4, 0.5) is 5.82 Å². The molecule has 0 bridgehead atoms. The molecule has 3 N–H and O–H groups in total. The van der Waals surface area contributed by atoms with E-state index < -0.39 is 0 Å². The first-order valence-electron chi connectivity index (χ1n) is 5.52. The largest absolute Gasteiger partial charge is 0.290 e. The monoisotopic (exact) mass is 261 g/mol. The Hall–Kier alpha value is -2.42. The predicted molar refractivity (Wildman–Crippen MR) is 67.2 cm³/mol. The van der Waals surface area contributed by atoms with Gasteiger partial charge in [0, 0.05) is 12.4 Å². The van der Waals surface area contributed by atoms with Crippen molar-refractivity contribution in [2.24, 2.45) is 0 Å². The van der Waals surface area contributed by atoms with Crippen molar-refractivity contribution in [1.29, 1.82) is 0 Å². The number of fused-ring (bicyclic) bond motifs is 3.